The van der Waals surface area contributed by atoms with Crippen molar-refractivity contribution in [3.63, 3.8) is 0 Å². The summed E-state index contributed by atoms with van der Waals surface area (Å²) in [7, 11) is -1.67. The predicted octanol–water partition coefficient (Wildman–Crippen LogP) is 11.3. The SMILES string of the molecule is [2H]C([2H])(c1cc(-c2[c-]cccc2)ncc1[Si](C)(C)C)C(C)C.[2H]C1([2H])CCC([2H])([2H])c2c1ccnc2-c1[c-]ccc2c1oc1cc(-c3ccccc3)ccc12.[Ir]. The minimum absolute atomic E-state index is 0. The molecule has 0 atom stereocenters. The standard InChI is InChI=1S/C27H20NO.C18H24NSi.Ir/c1-2-7-18(8-3-1)20-13-14-22-23-11-6-12-24(27(23)29-25(22)17-20)26-21-10-5-4-9-19(21)15-16-28-26;1-14(2)11-16-12-17(15-9-7-6-8-10-15)19-13-18(16)20(3,4)5;/h1-3,6-8,11,13-17H,4-5,9-10H2;6-9,12-14H,11H2,1-5H3;/q2*-1;/i9D2,10D2;11D2;. The minimum Gasteiger partial charge on any atom is -0.501 e. The summed E-state index contributed by atoms with van der Waals surface area (Å²) in [5.41, 5.74) is 7.57. The van der Waals surface area contributed by atoms with E-state index in [0.717, 1.165) is 49.5 Å². The van der Waals surface area contributed by atoms with Crippen molar-refractivity contribution >= 4 is 35.2 Å². The van der Waals surface area contributed by atoms with E-state index in [0.29, 0.717) is 28.0 Å². The topological polar surface area (TPSA) is 38.9 Å². The van der Waals surface area contributed by atoms with Gasteiger partial charge >= 0.3 is 0 Å². The van der Waals surface area contributed by atoms with Crippen LogP contribution in [0.3, 0.4) is 0 Å². The van der Waals surface area contributed by atoms with Crippen LogP contribution < -0.4 is 5.19 Å². The molecule has 3 heterocycles. The van der Waals surface area contributed by atoms with Crippen molar-refractivity contribution in [2.75, 3.05) is 0 Å². The van der Waals surface area contributed by atoms with Gasteiger partial charge < -0.3 is 14.4 Å². The van der Waals surface area contributed by atoms with Crippen molar-refractivity contribution in [2.24, 2.45) is 5.92 Å². The molecule has 1 aliphatic rings. The van der Waals surface area contributed by atoms with E-state index in [1.807, 2.05) is 86.8 Å². The number of aromatic nitrogens is 2. The van der Waals surface area contributed by atoms with Crippen LogP contribution in [0.1, 0.15) is 51.6 Å². The molecule has 0 aliphatic heterocycles. The number of furan rings is 1. The Balaban J connectivity index is 0.000000203. The van der Waals surface area contributed by atoms with Gasteiger partial charge in [0.25, 0.3) is 0 Å². The molecule has 8 rings (SSSR count). The van der Waals surface area contributed by atoms with Gasteiger partial charge in [-0.15, -0.1) is 54.1 Å². The van der Waals surface area contributed by atoms with E-state index in [4.69, 9.17) is 12.6 Å². The molecule has 0 amide bonds. The predicted molar refractivity (Wildman–Crippen MR) is 208 cm³/mol. The smallest absolute Gasteiger partial charge is 0.121 e. The van der Waals surface area contributed by atoms with E-state index in [2.05, 4.69) is 59.9 Å². The normalized spacial score (nSPS) is 16.8. The number of nitrogens with zero attached hydrogens (tertiary/aromatic N) is 2. The van der Waals surface area contributed by atoms with Gasteiger partial charge in [-0.2, -0.15) is 0 Å². The van der Waals surface area contributed by atoms with E-state index in [-0.39, 0.29) is 38.9 Å². The zero-order valence-electron chi connectivity index (χ0n) is 35.0. The Bertz CT molecular complexity index is 2500. The molecule has 1 aliphatic carbocycles. The van der Waals surface area contributed by atoms with Gasteiger partial charge in [-0.25, -0.2) is 0 Å². The molecule has 3 nitrogen and oxygen atoms in total. The van der Waals surface area contributed by atoms with Gasteiger partial charge in [0, 0.05) is 46.1 Å². The second-order valence-electron chi connectivity index (χ2n) is 13.7. The molecule has 0 unspecified atom stereocenters. The summed E-state index contributed by atoms with van der Waals surface area (Å²) in [4.78, 5) is 9.10. The molecular weight excluding hydrogens is 805 g/mol. The third-order valence-corrected chi connectivity index (χ3v) is 10.6. The van der Waals surface area contributed by atoms with Gasteiger partial charge in [0.15, 0.2) is 0 Å². The van der Waals surface area contributed by atoms with Crippen molar-refractivity contribution in [1.29, 1.82) is 0 Å². The zero-order chi connectivity index (χ0) is 39.3. The molecule has 0 spiro atoms. The van der Waals surface area contributed by atoms with Crippen LogP contribution in [0, 0.1) is 18.1 Å². The Hall–Kier alpha value is -4.15. The van der Waals surface area contributed by atoms with Gasteiger partial charge in [0.2, 0.25) is 0 Å². The number of benzene rings is 4. The summed E-state index contributed by atoms with van der Waals surface area (Å²) in [5.74, 6) is -0.0856. The molecule has 50 heavy (non-hydrogen) atoms. The summed E-state index contributed by atoms with van der Waals surface area (Å²) in [6.07, 6.45) is -0.978. The van der Waals surface area contributed by atoms with E-state index in [1.54, 1.807) is 18.3 Å². The van der Waals surface area contributed by atoms with Crippen LogP contribution >= 0.6 is 0 Å². The molecule has 0 saturated heterocycles. The molecule has 0 saturated carbocycles. The third kappa shape index (κ3) is 7.61. The van der Waals surface area contributed by atoms with Crippen molar-refractivity contribution in [2.45, 2.75) is 65.4 Å². The molecule has 5 heteroatoms. The number of rotatable bonds is 6. The molecule has 0 fully saturated rings. The van der Waals surface area contributed by atoms with Gasteiger partial charge in [0.05, 0.1) is 13.7 Å². The van der Waals surface area contributed by atoms with Crippen molar-refractivity contribution in [1.82, 2.24) is 9.97 Å². The van der Waals surface area contributed by atoms with E-state index >= 15 is 0 Å². The second kappa shape index (κ2) is 15.4. The summed E-state index contributed by atoms with van der Waals surface area (Å²) in [6.45, 7) is 10.6. The summed E-state index contributed by atoms with van der Waals surface area (Å²) in [5, 5.41) is 2.96. The van der Waals surface area contributed by atoms with Crippen LogP contribution in [0.2, 0.25) is 19.6 Å². The average Bonchev–Trinajstić information content (AvgIpc) is 3.55. The maximum Gasteiger partial charge on any atom is 0.121 e. The Kier molecular flexibility index (Phi) is 8.78. The summed E-state index contributed by atoms with van der Waals surface area (Å²) >= 11 is 0. The number of hydrogen-bond donors (Lipinski definition) is 0. The Labute approximate surface area is 320 Å². The Morgan fingerprint density at radius 3 is 2.40 bits per heavy atom. The van der Waals surface area contributed by atoms with Gasteiger partial charge in [-0.1, -0.05) is 110 Å². The fraction of sp³-hybridized carbons (Fsp3) is 0.244. The van der Waals surface area contributed by atoms with Crippen molar-refractivity contribution in [3.8, 4) is 33.6 Å². The maximum atomic E-state index is 8.63. The van der Waals surface area contributed by atoms with Gasteiger partial charge in [0.1, 0.15) is 5.58 Å². The summed E-state index contributed by atoms with van der Waals surface area (Å²) < 4.78 is 57.6. The molecule has 3 aromatic heterocycles. The third-order valence-electron chi connectivity index (χ3n) is 8.61. The van der Waals surface area contributed by atoms with Crippen molar-refractivity contribution in [3.05, 3.63) is 138 Å². The van der Waals surface area contributed by atoms with Crippen LogP contribution in [0.15, 0.2) is 114 Å². The van der Waals surface area contributed by atoms with Gasteiger partial charge in [-0.3, -0.25) is 0 Å². The molecule has 1 radical (unpaired) electrons. The van der Waals surface area contributed by atoms with Crippen LogP contribution in [0.4, 0.5) is 0 Å². The number of hydrogen-bond acceptors (Lipinski definition) is 3. The first-order valence-corrected chi connectivity index (χ1v) is 20.4. The summed E-state index contributed by atoms with van der Waals surface area (Å²) in [6, 6.07) is 37.6. The van der Waals surface area contributed by atoms with E-state index < -0.39 is 27.2 Å². The maximum absolute atomic E-state index is 8.63. The Morgan fingerprint density at radius 1 is 0.840 bits per heavy atom. The molecule has 255 valence electrons. The molecule has 0 N–H and O–H groups in total. The fourth-order valence-electron chi connectivity index (χ4n) is 6.27. The largest absolute Gasteiger partial charge is 0.501 e. The van der Waals surface area contributed by atoms with E-state index in [9.17, 15) is 0 Å². The first-order chi connectivity index (χ1) is 26.0. The second-order valence-corrected chi connectivity index (χ2v) is 18.7. The molecule has 7 aromatic rings. The fourth-order valence-corrected chi connectivity index (χ4v) is 7.68. The molecule has 0 bridgehead atoms. The molecule has 4 aromatic carbocycles. The minimum atomic E-state index is -1.69. The Morgan fingerprint density at radius 2 is 1.64 bits per heavy atom. The first kappa shape index (κ1) is 28.5. The molecular formula is C45H44IrN2OSi-2. The zero-order valence-corrected chi connectivity index (χ0v) is 32.4. The van der Waals surface area contributed by atoms with E-state index in [1.165, 1.54) is 0 Å². The van der Waals surface area contributed by atoms with Gasteiger partial charge in [-0.05, 0) is 77.7 Å². The number of pyridine rings is 2. The number of fused-ring (bicyclic) bond motifs is 4. The van der Waals surface area contributed by atoms with Crippen LogP contribution in [-0.2, 0) is 39.2 Å². The monoisotopic (exact) mass is 855 g/mol. The van der Waals surface area contributed by atoms with Crippen LogP contribution in [-0.4, -0.2) is 18.0 Å². The average molecular weight is 855 g/mol. The number of aryl methyl sites for hydroxylation is 1. The first-order valence-electron chi connectivity index (χ1n) is 19.9. The van der Waals surface area contributed by atoms with Crippen LogP contribution in [0.5, 0.6) is 0 Å². The van der Waals surface area contributed by atoms with Crippen molar-refractivity contribution < 1.29 is 32.7 Å². The van der Waals surface area contributed by atoms with Crippen LogP contribution in [0.25, 0.3) is 55.6 Å². The quantitative estimate of drug-likeness (QED) is 0.124.